The van der Waals surface area contributed by atoms with Crippen LogP contribution in [-0.4, -0.2) is 36.8 Å². The van der Waals surface area contributed by atoms with Crippen LogP contribution in [0.15, 0.2) is 23.1 Å². The second kappa shape index (κ2) is 6.86. The highest BCUT2D eigenvalue weighted by Gasteiger charge is 2.37. The monoisotopic (exact) mass is 353 g/mol. The third kappa shape index (κ3) is 3.37. The number of rotatable bonds is 3. The van der Waals surface area contributed by atoms with E-state index in [9.17, 15) is 22.9 Å². The molecule has 1 fully saturated rings. The van der Waals surface area contributed by atoms with Crippen molar-refractivity contribution in [2.75, 3.05) is 13.1 Å². The van der Waals surface area contributed by atoms with Crippen molar-refractivity contribution in [1.82, 2.24) is 4.31 Å². The van der Waals surface area contributed by atoms with Gasteiger partial charge in [-0.05, 0) is 24.5 Å². The molecule has 1 aromatic carbocycles. The molecule has 0 bridgehead atoms. The Morgan fingerprint density at radius 1 is 1.45 bits per heavy atom. The average molecular weight is 354 g/mol. The maximum absolute atomic E-state index is 13.6. The molecule has 1 aromatic rings. The molecule has 1 aliphatic rings. The second-order valence-electron chi connectivity index (χ2n) is 5.14. The fourth-order valence-corrected chi connectivity index (χ4v) is 4.09. The average Bonchev–Trinajstić information content (AvgIpc) is 2.41. The van der Waals surface area contributed by atoms with Gasteiger partial charge in [0.1, 0.15) is 0 Å². The molecule has 0 saturated carbocycles. The largest absolute Gasteiger partial charge is 0.327 e. The molecule has 1 aliphatic heterocycles. The van der Waals surface area contributed by atoms with E-state index < -0.39 is 31.3 Å². The van der Waals surface area contributed by atoms with Gasteiger partial charge in [-0.3, -0.25) is 10.1 Å². The highest BCUT2D eigenvalue weighted by Crippen LogP contribution is 2.31. The normalized spacial score (nSPS) is 22.9. The van der Waals surface area contributed by atoms with Gasteiger partial charge in [0, 0.05) is 19.1 Å². The molecule has 2 rings (SSSR count). The molecule has 0 spiro atoms. The van der Waals surface area contributed by atoms with Gasteiger partial charge in [-0.25, -0.2) is 8.42 Å². The van der Waals surface area contributed by atoms with Crippen molar-refractivity contribution in [2.24, 2.45) is 11.7 Å². The van der Waals surface area contributed by atoms with E-state index >= 15 is 0 Å². The van der Waals surface area contributed by atoms with Crippen molar-refractivity contribution >= 4 is 28.1 Å². The first-order valence-corrected chi connectivity index (χ1v) is 7.87. The number of nitrogens with zero attached hydrogens (tertiary/aromatic N) is 2. The lowest BCUT2D eigenvalue weighted by molar-refractivity contribution is -0.390. The third-order valence-corrected chi connectivity index (χ3v) is 5.58. The third-order valence-electron chi connectivity index (χ3n) is 3.68. The topological polar surface area (TPSA) is 107 Å². The van der Waals surface area contributed by atoms with Crippen LogP contribution in [0.25, 0.3) is 0 Å². The molecule has 0 amide bonds. The number of benzene rings is 1. The Morgan fingerprint density at radius 3 is 2.64 bits per heavy atom. The molecule has 7 nitrogen and oxygen atoms in total. The van der Waals surface area contributed by atoms with E-state index in [1.54, 1.807) is 0 Å². The summed E-state index contributed by atoms with van der Waals surface area (Å²) in [4.78, 5) is 9.32. The second-order valence-corrected chi connectivity index (χ2v) is 7.04. The summed E-state index contributed by atoms with van der Waals surface area (Å²) in [7, 11) is -4.12. The van der Waals surface area contributed by atoms with E-state index in [2.05, 4.69) is 0 Å². The first kappa shape index (κ1) is 18.8. The minimum Gasteiger partial charge on any atom is -0.327 e. The number of nitro groups is 1. The molecular weight excluding hydrogens is 337 g/mol. The Hall–Kier alpha value is -1.29. The van der Waals surface area contributed by atoms with E-state index in [1.807, 2.05) is 6.92 Å². The number of nitro benzene ring substituents is 1. The molecule has 0 aliphatic carbocycles. The van der Waals surface area contributed by atoms with Crippen molar-refractivity contribution in [2.45, 2.75) is 24.3 Å². The molecule has 2 unspecified atom stereocenters. The summed E-state index contributed by atoms with van der Waals surface area (Å²) < 4.78 is 39.8. The minimum atomic E-state index is -4.12. The van der Waals surface area contributed by atoms with Gasteiger partial charge in [0.2, 0.25) is 15.8 Å². The quantitative estimate of drug-likeness (QED) is 0.654. The highest BCUT2D eigenvalue weighted by molar-refractivity contribution is 7.89. The molecule has 2 N–H and O–H groups in total. The standard InChI is InChI=1S/C12H16FN3O4S.ClH/c1-8-7-15(6-5-10(8)14)21(19,20)11-4-2-3-9(13)12(11)16(17)18;/h2-4,8,10H,5-7,14H2,1H3;1H. The van der Waals surface area contributed by atoms with Crippen LogP contribution in [0.5, 0.6) is 0 Å². The van der Waals surface area contributed by atoms with Crippen LogP contribution in [0.2, 0.25) is 0 Å². The number of nitrogens with two attached hydrogens (primary N) is 1. The van der Waals surface area contributed by atoms with Gasteiger partial charge < -0.3 is 5.73 Å². The Bertz CT molecular complexity index is 670. The van der Waals surface area contributed by atoms with Crippen LogP contribution in [-0.2, 0) is 10.0 Å². The summed E-state index contributed by atoms with van der Waals surface area (Å²) in [6.07, 6.45) is 0.462. The first-order chi connectivity index (χ1) is 9.75. The molecule has 2 atom stereocenters. The molecule has 1 saturated heterocycles. The number of piperidine rings is 1. The van der Waals surface area contributed by atoms with Crippen molar-refractivity contribution in [3.05, 3.63) is 34.1 Å². The van der Waals surface area contributed by atoms with Crippen LogP contribution < -0.4 is 5.73 Å². The van der Waals surface area contributed by atoms with E-state index in [1.165, 1.54) is 0 Å². The van der Waals surface area contributed by atoms with Gasteiger partial charge in [0.15, 0.2) is 4.90 Å². The summed E-state index contributed by atoms with van der Waals surface area (Å²) in [6.45, 7) is 2.14. The van der Waals surface area contributed by atoms with Crippen molar-refractivity contribution in [3.63, 3.8) is 0 Å². The fraction of sp³-hybridized carbons (Fsp3) is 0.500. The Morgan fingerprint density at radius 2 is 2.09 bits per heavy atom. The van der Waals surface area contributed by atoms with E-state index in [0.717, 1.165) is 22.5 Å². The van der Waals surface area contributed by atoms with Crippen LogP contribution in [0.1, 0.15) is 13.3 Å². The summed E-state index contributed by atoms with van der Waals surface area (Å²) in [5, 5.41) is 11.0. The van der Waals surface area contributed by atoms with Crippen LogP contribution in [0.4, 0.5) is 10.1 Å². The molecule has 0 aromatic heterocycles. The molecule has 124 valence electrons. The summed E-state index contributed by atoms with van der Waals surface area (Å²) in [6, 6.07) is 2.95. The zero-order valence-corrected chi connectivity index (χ0v) is 13.4. The van der Waals surface area contributed by atoms with Gasteiger partial charge >= 0.3 is 5.69 Å². The zero-order chi connectivity index (χ0) is 15.8. The number of sulfonamides is 1. The van der Waals surface area contributed by atoms with Gasteiger partial charge in [-0.1, -0.05) is 13.0 Å². The molecule has 0 radical (unpaired) electrons. The Kier molecular flexibility index (Phi) is 5.85. The maximum atomic E-state index is 13.6. The summed E-state index contributed by atoms with van der Waals surface area (Å²) in [5.41, 5.74) is 4.82. The Labute approximate surface area is 133 Å². The fourth-order valence-electron chi connectivity index (χ4n) is 2.36. The smallest absolute Gasteiger partial charge is 0.324 e. The molecular formula is C12H17ClFN3O4S. The van der Waals surface area contributed by atoms with Crippen LogP contribution >= 0.6 is 12.4 Å². The van der Waals surface area contributed by atoms with Crippen molar-refractivity contribution in [3.8, 4) is 0 Å². The van der Waals surface area contributed by atoms with Crippen molar-refractivity contribution in [1.29, 1.82) is 0 Å². The van der Waals surface area contributed by atoms with Gasteiger partial charge in [0.05, 0.1) is 4.92 Å². The van der Waals surface area contributed by atoms with E-state index in [4.69, 9.17) is 5.73 Å². The Balaban J connectivity index is 0.00000242. The maximum Gasteiger partial charge on any atom is 0.324 e. The van der Waals surface area contributed by atoms with E-state index in [0.29, 0.717) is 6.42 Å². The highest BCUT2D eigenvalue weighted by atomic mass is 35.5. The van der Waals surface area contributed by atoms with Crippen LogP contribution in [0, 0.1) is 21.8 Å². The first-order valence-electron chi connectivity index (χ1n) is 6.43. The van der Waals surface area contributed by atoms with Gasteiger partial charge in [-0.2, -0.15) is 8.70 Å². The number of hydrogen-bond donors (Lipinski definition) is 1. The lowest BCUT2D eigenvalue weighted by Gasteiger charge is -2.34. The van der Waals surface area contributed by atoms with Crippen LogP contribution in [0.3, 0.4) is 0 Å². The number of para-hydroxylation sites is 1. The predicted molar refractivity (Wildman–Crippen MR) is 80.8 cm³/mol. The lowest BCUT2D eigenvalue weighted by Crippen LogP contribution is -2.48. The molecule has 10 heteroatoms. The molecule has 22 heavy (non-hydrogen) atoms. The zero-order valence-electron chi connectivity index (χ0n) is 11.8. The van der Waals surface area contributed by atoms with Crippen molar-refractivity contribution < 1.29 is 17.7 Å². The lowest BCUT2D eigenvalue weighted by atomic mass is 9.96. The number of hydrogen-bond acceptors (Lipinski definition) is 5. The van der Waals surface area contributed by atoms with Gasteiger partial charge in [0.25, 0.3) is 0 Å². The van der Waals surface area contributed by atoms with Gasteiger partial charge in [-0.15, -0.1) is 12.4 Å². The molecule has 1 heterocycles. The SMILES string of the molecule is CC1CN(S(=O)(=O)c2cccc(F)c2[N+](=O)[O-])CCC1N.Cl. The van der Waals surface area contributed by atoms with E-state index in [-0.39, 0.29) is 37.5 Å². The summed E-state index contributed by atoms with van der Waals surface area (Å²) >= 11 is 0. The minimum absolute atomic E-state index is 0. The predicted octanol–water partition coefficient (Wildman–Crippen LogP) is 1.51. The summed E-state index contributed by atoms with van der Waals surface area (Å²) in [5.74, 6) is -1.23. The number of halogens is 2.